The molecule has 11 heteroatoms. The van der Waals surface area contributed by atoms with Gasteiger partial charge in [0.15, 0.2) is 6.29 Å². The van der Waals surface area contributed by atoms with Gasteiger partial charge in [-0.1, -0.05) is 61.5 Å². The van der Waals surface area contributed by atoms with Crippen LogP contribution < -0.4 is 58.2 Å². The monoisotopic (exact) mass is 781 g/mol. The molecule has 0 saturated carbocycles. The fraction of sp³-hybridized carbons (Fsp3) is 0.923. The van der Waals surface area contributed by atoms with E-state index in [0.29, 0.717) is 25.7 Å². The van der Waals surface area contributed by atoms with Gasteiger partial charge < -0.3 is 44.3 Å². The van der Waals surface area contributed by atoms with Crippen molar-refractivity contribution in [1.82, 2.24) is 0 Å². The summed E-state index contributed by atoms with van der Waals surface area (Å²) in [4.78, 5) is 14.3. The van der Waals surface area contributed by atoms with Gasteiger partial charge in [-0.2, -0.15) is 7.05 Å². The number of nitrogens with zero attached hydrogens (tertiary/aromatic N) is 1. The van der Waals surface area contributed by atoms with Crippen LogP contribution in [0, 0.1) is 46.8 Å². The van der Waals surface area contributed by atoms with Gasteiger partial charge in [-0.05, 0) is 69.1 Å². The zero-order valence-electron chi connectivity index (χ0n) is 33.7. The number of hydrogen-bond donors (Lipinski definition) is 3. The van der Waals surface area contributed by atoms with Crippen molar-refractivity contribution < 1.29 is 102 Å². The van der Waals surface area contributed by atoms with E-state index < -0.39 is 71.9 Å². The molecule has 3 saturated heterocycles. The molecule has 1 unspecified atom stereocenters. The van der Waals surface area contributed by atoms with Crippen LogP contribution in [-0.4, -0.2) is 102 Å². The number of carbonyl (C=O) groups is 1. The second-order valence-corrected chi connectivity index (χ2v) is 16.7. The Balaban J connectivity index is 0.00000867. The van der Waals surface area contributed by atoms with E-state index in [4.69, 9.17) is 23.7 Å². The smallest absolute Gasteiger partial charge is 0.660 e. The zero-order valence-corrected chi connectivity index (χ0v) is 38.6. The molecule has 3 N–H and O–H groups in total. The Morgan fingerprint density at radius 3 is 2.10 bits per heavy atom. The first-order chi connectivity index (χ1) is 22.8. The van der Waals surface area contributed by atoms with E-state index in [-0.39, 0.29) is 106 Å². The quantitative estimate of drug-likeness (QED) is 0.263. The predicted octanol–water partition coefficient (Wildman–Crippen LogP) is 2.90. The number of allylic oxidation sites excluding steroid dienone is 1. The van der Waals surface area contributed by atoms with Gasteiger partial charge in [0.1, 0.15) is 12.2 Å². The van der Waals surface area contributed by atoms with Crippen molar-refractivity contribution in [3.63, 3.8) is 0 Å². The van der Waals surface area contributed by atoms with Crippen LogP contribution >= 0.6 is 0 Å². The van der Waals surface area contributed by atoms with Crippen molar-refractivity contribution in [3.05, 3.63) is 18.0 Å². The molecule has 0 amide bonds. The predicted molar refractivity (Wildman–Crippen MR) is 191 cm³/mol. The van der Waals surface area contributed by atoms with Gasteiger partial charge in [0, 0.05) is 25.4 Å². The molecule has 286 valence electrons. The van der Waals surface area contributed by atoms with Crippen molar-refractivity contribution in [2.45, 2.75) is 169 Å². The first kappa shape index (κ1) is 46.8. The Morgan fingerprint density at radius 2 is 1.56 bits per heavy atom. The Kier molecular flexibility index (Phi) is 18.3. The number of aliphatic hydroxyl groups is 3. The zero-order chi connectivity index (χ0) is 37.2. The standard InChI is InChI=1S/C39H70NO9.Rb/c1-15-27-18-38(10,11)35(49-37-33(42)28(40-13)17-20(3)46-37)24(7)31(30-19-39(12,45-14)34(43)26(9)47-30)25(8)36(44)48-29(16-2)23(6)32(41)22(5)21(27)4;/h15,20-35,37,41-43H,1,16-19H2,2-14H3;/q-1;+1/t20-,21-,22+,23+,24+,25-,26+,27-,28+,29-,30-,31?,32-,33-,34+,35-,37+,39-;/m1./s1. The largest absolute Gasteiger partial charge is 1.00 e. The molecule has 3 aliphatic rings. The van der Waals surface area contributed by atoms with Crippen molar-refractivity contribution in [3.8, 4) is 0 Å². The summed E-state index contributed by atoms with van der Waals surface area (Å²) in [5, 5.41) is 38.7. The van der Waals surface area contributed by atoms with Gasteiger partial charge in [0.2, 0.25) is 0 Å². The van der Waals surface area contributed by atoms with E-state index in [2.05, 4.69) is 46.5 Å². The Morgan fingerprint density at radius 1 is 0.940 bits per heavy atom. The summed E-state index contributed by atoms with van der Waals surface area (Å²) in [5.41, 5.74) is -1.44. The molecule has 3 aliphatic heterocycles. The number of methoxy groups -OCH3 is 1. The van der Waals surface area contributed by atoms with E-state index in [1.165, 1.54) is 0 Å². The molecule has 0 aliphatic carbocycles. The number of rotatable bonds is 7. The van der Waals surface area contributed by atoms with Gasteiger partial charge in [0.25, 0.3) is 0 Å². The maximum absolute atomic E-state index is 14.3. The van der Waals surface area contributed by atoms with Gasteiger partial charge in [-0.15, -0.1) is 12.6 Å². The Bertz CT molecular complexity index is 1080. The molecule has 0 aromatic carbocycles. The summed E-state index contributed by atoms with van der Waals surface area (Å²) >= 11 is 0. The molecular formula is C39H70NO9Rb. The van der Waals surface area contributed by atoms with Crippen molar-refractivity contribution in [1.29, 1.82) is 0 Å². The summed E-state index contributed by atoms with van der Waals surface area (Å²) in [6.45, 7) is 26.4. The number of hydrogen-bond acceptors (Lipinski definition) is 9. The van der Waals surface area contributed by atoms with Crippen LogP contribution in [0.3, 0.4) is 0 Å². The van der Waals surface area contributed by atoms with Crippen LogP contribution in [0.2, 0.25) is 0 Å². The van der Waals surface area contributed by atoms with E-state index >= 15 is 0 Å². The SMILES string of the molecule is C=C[C@@H]1CC(C)(C)[C@H](O[C@@H]2O[C@H](C)C[C@H]([N-]C)[C@H]2O)[C@@H](C)C([C@H]2C[C@@](C)(OC)[C@@H](O)[C@H](C)O2)[C@@H](C)C(=O)O[C@H](CC)[C@H](C)[C@H](O)[C@@H](C)[C@H]1C.[Rb+]. The van der Waals surface area contributed by atoms with Crippen molar-refractivity contribution in [2.75, 3.05) is 14.2 Å². The molecule has 0 spiro atoms. The Hall–Kier alpha value is 0.695. The second-order valence-electron chi connectivity index (χ2n) is 16.7. The minimum absolute atomic E-state index is 0. The first-order valence-electron chi connectivity index (χ1n) is 18.8. The second kappa shape index (κ2) is 19.5. The van der Waals surface area contributed by atoms with Gasteiger partial charge in [-0.3, -0.25) is 4.79 Å². The molecule has 3 rings (SSSR count). The maximum atomic E-state index is 14.3. The molecule has 0 aromatic heterocycles. The summed E-state index contributed by atoms with van der Waals surface area (Å²) in [6, 6.07) is -0.335. The summed E-state index contributed by atoms with van der Waals surface area (Å²) in [7, 11) is 3.30. The number of likely N-dealkylation sites (N-methyl/N-ethyl adjacent to an activating group) is 1. The van der Waals surface area contributed by atoms with Crippen LogP contribution in [0.1, 0.15) is 102 Å². The molecular weight excluding hydrogens is 712 g/mol. The molecule has 0 bridgehead atoms. The van der Waals surface area contributed by atoms with Crippen LogP contribution in [0.5, 0.6) is 0 Å². The fourth-order valence-electron chi connectivity index (χ4n) is 9.31. The number of cyclic esters (lactones) is 1. The van der Waals surface area contributed by atoms with Crippen LogP contribution in [0.15, 0.2) is 12.7 Å². The summed E-state index contributed by atoms with van der Waals surface area (Å²) in [6.07, 6.45) is -1.54. The number of carbonyl (C=O) groups excluding carboxylic acids is 1. The summed E-state index contributed by atoms with van der Waals surface area (Å²) < 4.78 is 32.1. The van der Waals surface area contributed by atoms with E-state index in [1.54, 1.807) is 14.2 Å². The molecule has 18 atom stereocenters. The molecule has 10 nitrogen and oxygen atoms in total. The normalized spacial score (nSPS) is 48.1. The third-order valence-corrected chi connectivity index (χ3v) is 12.9. The minimum atomic E-state index is -0.966. The van der Waals surface area contributed by atoms with Gasteiger partial charge in [0.05, 0.1) is 48.1 Å². The van der Waals surface area contributed by atoms with Gasteiger partial charge in [-0.25, -0.2) is 0 Å². The van der Waals surface area contributed by atoms with Crippen LogP contribution in [0.25, 0.3) is 5.32 Å². The van der Waals surface area contributed by atoms with Crippen molar-refractivity contribution in [2.24, 2.45) is 46.8 Å². The van der Waals surface area contributed by atoms with E-state index in [1.807, 2.05) is 47.6 Å². The third kappa shape index (κ3) is 10.3. The Labute approximate surface area is 352 Å². The van der Waals surface area contributed by atoms with E-state index in [9.17, 15) is 20.1 Å². The van der Waals surface area contributed by atoms with Crippen LogP contribution in [0.4, 0.5) is 0 Å². The molecule has 50 heavy (non-hydrogen) atoms. The number of esters is 1. The number of aliphatic hydroxyl groups excluding tert-OH is 3. The molecule has 3 fully saturated rings. The molecule has 0 aromatic rings. The average Bonchev–Trinajstić information content (AvgIpc) is 3.06. The first-order valence-corrected chi connectivity index (χ1v) is 18.8. The topological polar surface area (TPSA) is 138 Å². The number of ether oxygens (including phenoxy) is 5. The minimum Gasteiger partial charge on any atom is -0.660 e. The maximum Gasteiger partial charge on any atom is 1.00 e. The fourth-order valence-corrected chi connectivity index (χ4v) is 9.31. The van der Waals surface area contributed by atoms with Gasteiger partial charge >= 0.3 is 64.2 Å². The van der Waals surface area contributed by atoms with Crippen LogP contribution in [-0.2, 0) is 28.5 Å². The molecule has 0 radical (unpaired) electrons. The molecule has 3 heterocycles. The van der Waals surface area contributed by atoms with Crippen molar-refractivity contribution >= 4 is 5.97 Å². The van der Waals surface area contributed by atoms with E-state index in [0.717, 1.165) is 0 Å². The third-order valence-electron chi connectivity index (χ3n) is 12.9. The average molecular weight is 782 g/mol. The summed E-state index contributed by atoms with van der Waals surface area (Å²) in [5.74, 6) is -2.07.